The molecule has 1 N–H and O–H groups in total. The number of carboxylic acids is 1. The van der Waals surface area contributed by atoms with Crippen LogP contribution in [0.15, 0.2) is 24.8 Å². The van der Waals surface area contributed by atoms with Gasteiger partial charge in [-0.05, 0) is 32.1 Å². The van der Waals surface area contributed by atoms with Crippen molar-refractivity contribution in [3.8, 4) is 0 Å². The standard InChI is InChI=1S/C37H68O4/c1-3-5-6-7-8-9-10-11-12-13-14-15-16-17-18-19-20-21-22-23-24-25-26-27-28-29-30-31-32-35(37(39)40)34-36(38)41-33-4-2/h4,26-27,35H,2-3,5-25,28-34H2,1H3,(H,39,40)/b27-26+. The molecule has 1 atom stereocenters. The van der Waals surface area contributed by atoms with Crippen molar-refractivity contribution in [3.05, 3.63) is 24.8 Å². The third-order valence-electron chi connectivity index (χ3n) is 8.19. The van der Waals surface area contributed by atoms with Gasteiger partial charge in [0.25, 0.3) is 0 Å². The largest absolute Gasteiger partial charge is 0.481 e. The second kappa shape index (κ2) is 32.9. The first-order chi connectivity index (χ1) is 20.1. The molecule has 0 aliphatic carbocycles. The average molecular weight is 577 g/mol. The van der Waals surface area contributed by atoms with Gasteiger partial charge in [-0.1, -0.05) is 173 Å². The molecule has 0 rings (SSSR count). The van der Waals surface area contributed by atoms with Gasteiger partial charge in [0.2, 0.25) is 0 Å². The number of hydrogen-bond donors (Lipinski definition) is 1. The van der Waals surface area contributed by atoms with Gasteiger partial charge in [0.1, 0.15) is 6.61 Å². The molecule has 0 aromatic carbocycles. The molecule has 0 aliphatic heterocycles. The van der Waals surface area contributed by atoms with Crippen LogP contribution >= 0.6 is 0 Å². The first-order valence-corrected chi connectivity index (χ1v) is 17.8. The Hall–Kier alpha value is -1.58. The molecule has 4 heteroatoms. The maximum atomic E-state index is 11.6. The van der Waals surface area contributed by atoms with Crippen molar-refractivity contribution in [1.82, 2.24) is 0 Å². The van der Waals surface area contributed by atoms with Crippen molar-refractivity contribution in [2.45, 2.75) is 187 Å². The van der Waals surface area contributed by atoms with Gasteiger partial charge in [-0.25, -0.2) is 0 Å². The number of allylic oxidation sites excluding steroid dienone is 2. The van der Waals surface area contributed by atoms with Gasteiger partial charge in [0.05, 0.1) is 12.3 Å². The predicted molar refractivity (Wildman–Crippen MR) is 176 cm³/mol. The summed E-state index contributed by atoms with van der Waals surface area (Å²) in [6, 6.07) is 0. The Morgan fingerprint density at radius 3 is 1.34 bits per heavy atom. The van der Waals surface area contributed by atoms with Crippen LogP contribution in [0.4, 0.5) is 0 Å². The molecule has 0 radical (unpaired) electrons. The number of aliphatic carboxylic acids is 1. The number of hydrogen-bond acceptors (Lipinski definition) is 3. The minimum atomic E-state index is -0.912. The SMILES string of the molecule is C=CCOC(=O)CC(CCCCC/C=C/CCCCCCCCCCCCCCCCCCCCCCC)C(=O)O. The zero-order valence-corrected chi connectivity index (χ0v) is 27.2. The van der Waals surface area contributed by atoms with E-state index in [1.54, 1.807) is 0 Å². The van der Waals surface area contributed by atoms with E-state index >= 15 is 0 Å². The van der Waals surface area contributed by atoms with Gasteiger partial charge in [0, 0.05) is 0 Å². The van der Waals surface area contributed by atoms with Crippen LogP contribution in [0, 0.1) is 5.92 Å². The van der Waals surface area contributed by atoms with Crippen molar-refractivity contribution >= 4 is 11.9 Å². The van der Waals surface area contributed by atoms with E-state index in [9.17, 15) is 14.7 Å². The van der Waals surface area contributed by atoms with Gasteiger partial charge >= 0.3 is 11.9 Å². The van der Waals surface area contributed by atoms with Crippen LogP contribution in [0.2, 0.25) is 0 Å². The van der Waals surface area contributed by atoms with Crippen LogP contribution < -0.4 is 0 Å². The summed E-state index contributed by atoms with van der Waals surface area (Å²) in [7, 11) is 0. The Morgan fingerprint density at radius 1 is 0.610 bits per heavy atom. The van der Waals surface area contributed by atoms with Crippen LogP contribution in [0.5, 0.6) is 0 Å². The molecule has 41 heavy (non-hydrogen) atoms. The lowest BCUT2D eigenvalue weighted by atomic mass is 9.97. The lowest BCUT2D eigenvalue weighted by molar-refractivity contribution is -0.151. The fourth-order valence-electron chi connectivity index (χ4n) is 5.48. The van der Waals surface area contributed by atoms with E-state index in [1.165, 1.54) is 147 Å². The quantitative estimate of drug-likeness (QED) is 0.0479. The highest BCUT2D eigenvalue weighted by atomic mass is 16.5. The molecule has 0 saturated heterocycles. The number of carbonyl (C=O) groups is 2. The third kappa shape index (κ3) is 31.2. The zero-order valence-electron chi connectivity index (χ0n) is 27.2. The molecular weight excluding hydrogens is 508 g/mol. The first-order valence-electron chi connectivity index (χ1n) is 17.8. The molecule has 0 amide bonds. The van der Waals surface area contributed by atoms with E-state index in [2.05, 4.69) is 25.7 Å². The number of carboxylic acid groups (broad SMARTS) is 1. The Bertz CT molecular complexity index is 612. The second-order valence-corrected chi connectivity index (χ2v) is 12.2. The molecule has 0 spiro atoms. The predicted octanol–water partition coefficient (Wildman–Crippen LogP) is 11.9. The summed E-state index contributed by atoms with van der Waals surface area (Å²) < 4.78 is 4.91. The van der Waals surface area contributed by atoms with E-state index in [-0.39, 0.29) is 13.0 Å². The summed E-state index contributed by atoms with van der Waals surface area (Å²) >= 11 is 0. The summed E-state index contributed by atoms with van der Waals surface area (Å²) in [4.78, 5) is 23.0. The van der Waals surface area contributed by atoms with E-state index in [0.717, 1.165) is 25.7 Å². The fourth-order valence-corrected chi connectivity index (χ4v) is 5.48. The number of carbonyl (C=O) groups excluding carboxylic acids is 1. The van der Waals surface area contributed by atoms with Crippen LogP contribution in [-0.2, 0) is 14.3 Å². The lowest BCUT2D eigenvalue weighted by Gasteiger charge is -2.11. The molecule has 0 aliphatic rings. The summed E-state index contributed by atoms with van der Waals surface area (Å²) in [6.07, 6.45) is 41.6. The molecule has 1 unspecified atom stereocenters. The monoisotopic (exact) mass is 577 g/mol. The van der Waals surface area contributed by atoms with E-state index in [0.29, 0.717) is 6.42 Å². The fraction of sp³-hybridized carbons (Fsp3) is 0.838. The summed E-state index contributed by atoms with van der Waals surface area (Å²) in [5.74, 6) is -2.02. The Kier molecular flexibility index (Phi) is 31.7. The molecular formula is C37H68O4. The summed E-state index contributed by atoms with van der Waals surface area (Å²) in [5, 5.41) is 9.31. The number of unbranched alkanes of at least 4 members (excludes halogenated alkanes) is 24. The average Bonchev–Trinajstić information content (AvgIpc) is 2.96. The number of rotatable bonds is 33. The van der Waals surface area contributed by atoms with Crippen molar-refractivity contribution in [1.29, 1.82) is 0 Å². The van der Waals surface area contributed by atoms with Crippen molar-refractivity contribution in [3.63, 3.8) is 0 Å². The van der Waals surface area contributed by atoms with Gasteiger partial charge in [-0.3, -0.25) is 9.59 Å². The molecule has 0 aromatic heterocycles. The van der Waals surface area contributed by atoms with Crippen molar-refractivity contribution < 1.29 is 19.4 Å². The van der Waals surface area contributed by atoms with Gasteiger partial charge in [0.15, 0.2) is 0 Å². The maximum absolute atomic E-state index is 11.6. The maximum Gasteiger partial charge on any atom is 0.307 e. The summed E-state index contributed by atoms with van der Waals surface area (Å²) in [5.41, 5.74) is 0. The summed E-state index contributed by atoms with van der Waals surface area (Å²) in [6.45, 7) is 5.92. The zero-order chi connectivity index (χ0) is 30.1. The molecule has 240 valence electrons. The van der Waals surface area contributed by atoms with Crippen LogP contribution in [0.1, 0.15) is 187 Å². The van der Waals surface area contributed by atoms with Crippen molar-refractivity contribution in [2.75, 3.05) is 6.61 Å². The van der Waals surface area contributed by atoms with Gasteiger partial charge < -0.3 is 9.84 Å². The van der Waals surface area contributed by atoms with E-state index < -0.39 is 17.9 Å². The molecule has 0 aromatic rings. The smallest absolute Gasteiger partial charge is 0.307 e. The Labute approximate surface area is 255 Å². The van der Waals surface area contributed by atoms with Gasteiger partial charge in [-0.2, -0.15) is 0 Å². The minimum absolute atomic E-state index is 0.0530. The molecule has 4 nitrogen and oxygen atoms in total. The van der Waals surface area contributed by atoms with Crippen LogP contribution in [0.3, 0.4) is 0 Å². The molecule has 0 heterocycles. The highest BCUT2D eigenvalue weighted by Gasteiger charge is 2.21. The number of esters is 1. The molecule has 0 saturated carbocycles. The highest BCUT2D eigenvalue weighted by Crippen LogP contribution is 2.17. The first kappa shape index (κ1) is 39.4. The molecule has 0 fully saturated rings. The Morgan fingerprint density at radius 2 is 0.976 bits per heavy atom. The van der Waals surface area contributed by atoms with Gasteiger partial charge in [-0.15, -0.1) is 0 Å². The van der Waals surface area contributed by atoms with E-state index in [1.807, 2.05) is 0 Å². The third-order valence-corrected chi connectivity index (χ3v) is 8.19. The highest BCUT2D eigenvalue weighted by molar-refractivity contribution is 5.78. The number of ether oxygens (including phenoxy) is 1. The van der Waals surface area contributed by atoms with Crippen LogP contribution in [0.25, 0.3) is 0 Å². The lowest BCUT2D eigenvalue weighted by Crippen LogP contribution is -2.19. The van der Waals surface area contributed by atoms with E-state index in [4.69, 9.17) is 4.74 Å². The normalized spacial score (nSPS) is 12.1. The van der Waals surface area contributed by atoms with Crippen LogP contribution in [-0.4, -0.2) is 23.7 Å². The minimum Gasteiger partial charge on any atom is -0.481 e. The Balaban J connectivity index is 3.32. The second-order valence-electron chi connectivity index (χ2n) is 12.2. The topological polar surface area (TPSA) is 63.6 Å². The van der Waals surface area contributed by atoms with Crippen molar-refractivity contribution in [2.24, 2.45) is 5.92 Å². The molecule has 0 bridgehead atoms.